The molecule has 0 amide bonds. The van der Waals surface area contributed by atoms with Gasteiger partial charge in [-0.25, -0.2) is 0 Å². The van der Waals surface area contributed by atoms with Crippen molar-refractivity contribution >= 4 is 29.9 Å². The van der Waals surface area contributed by atoms with Crippen LogP contribution in [0.4, 0.5) is 13.2 Å². The Labute approximate surface area is 180 Å². The Balaban J connectivity index is 0.00000280. The van der Waals surface area contributed by atoms with Gasteiger partial charge in [0.25, 0.3) is 0 Å². The molecule has 1 saturated heterocycles. The van der Waals surface area contributed by atoms with Gasteiger partial charge in [-0.3, -0.25) is 9.89 Å². The monoisotopic (exact) mass is 512 g/mol. The first-order valence-electron chi connectivity index (χ1n) is 9.44. The second-order valence-corrected chi connectivity index (χ2v) is 7.31. The molecule has 1 atom stereocenters. The van der Waals surface area contributed by atoms with E-state index < -0.39 is 12.7 Å². The van der Waals surface area contributed by atoms with Crippen LogP contribution in [0.1, 0.15) is 36.0 Å². The summed E-state index contributed by atoms with van der Waals surface area (Å²) in [6.07, 6.45) is 0.757. The summed E-state index contributed by atoms with van der Waals surface area (Å²) in [6, 6.07) is 3.66. The highest BCUT2D eigenvalue weighted by Gasteiger charge is 2.34. The Morgan fingerprint density at radius 1 is 1.29 bits per heavy atom. The fourth-order valence-electron chi connectivity index (χ4n) is 4.00. The van der Waals surface area contributed by atoms with Crippen LogP contribution in [0.25, 0.3) is 0 Å². The maximum absolute atomic E-state index is 12.5. The molecule has 28 heavy (non-hydrogen) atoms. The lowest BCUT2D eigenvalue weighted by Gasteiger charge is -2.22. The Kier molecular flexibility index (Phi) is 8.23. The van der Waals surface area contributed by atoms with Crippen LogP contribution in [-0.2, 0) is 19.4 Å². The highest BCUT2D eigenvalue weighted by atomic mass is 127. The van der Waals surface area contributed by atoms with Crippen LogP contribution in [0.5, 0.6) is 5.75 Å². The van der Waals surface area contributed by atoms with Gasteiger partial charge in [0.1, 0.15) is 5.75 Å². The zero-order valence-electron chi connectivity index (χ0n) is 16.0. The van der Waals surface area contributed by atoms with Gasteiger partial charge in [0.15, 0.2) is 5.96 Å². The second kappa shape index (κ2) is 10.00. The minimum Gasteiger partial charge on any atom is -0.508 e. The number of aliphatic imine (C=N–C) groups is 1. The predicted octanol–water partition coefficient (Wildman–Crippen LogP) is 3.19. The van der Waals surface area contributed by atoms with Gasteiger partial charge in [0, 0.05) is 38.3 Å². The standard InChI is InChI=1S/C19H27F3N4O.HI/c1-23-18(25-14-8-9-26(11-14)12-19(20,21)22)24-10-16-15-5-3-2-4-13(15)6-7-17(16)27;/h6-7,14,27H,2-5,8-12H2,1H3,(H2,23,24,25);1H. The van der Waals surface area contributed by atoms with Crippen molar-refractivity contribution in [1.82, 2.24) is 15.5 Å². The lowest BCUT2D eigenvalue weighted by Crippen LogP contribution is -2.45. The molecule has 0 radical (unpaired) electrons. The van der Waals surface area contributed by atoms with Gasteiger partial charge in [-0.1, -0.05) is 6.07 Å². The fraction of sp³-hybridized carbons (Fsp3) is 0.632. The van der Waals surface area contributed by atoms with Crippen LogP contribution < -0.4 is 10.6 Å². The lowest BCUT2D eigenvalue weighted by molar-refractivity contribution is -0.143. The molecule has 1 aliphatic carbocycles. The van der Waals surface area contributed by atoms with Crippen molar-refractivity contribution in [2.75, 3.05) is 26.7 Å². The first-order chi connectivity index (χ1) is 12.9. The molecule has 0 aromatic heterocycles. The second-order valence-electron chi connectivity index (χ2n) is 7.31. The summed E-state index contributed by atoms with van der Waals surface area (Å²) in [4.78, 5) is 5.59. The summed E-state index contributed by atoms with van der Waals surface area (Å²) in [5.74, 6) is 0.817. The zero-order chi connectivity index (χ0) is 19.4. The van der Waals surface area contributed by atoms with E-state index in [1.54, 1.807) is 13.1 Å². The number of aryl methyl sites for hydroxylation is 1. The smallest absolute Gasteiger partial charge is 0.401 e. The molecule has 1 heterocycles. The molecule has 0 spiro atoms. The van der Waals surface area contributed by atoms with Crippen molar-refractivity contribution in [3.63, 3.8) is 0 Å². The Bertz CT molecular complexity index is 696. The van der Waals surface area contributed by atoms with E-state index in [1.807, 2.05) is 6.07 Å². The molecular weight excluding hydrogens is 484 g/mol. The molecule has 1 aromatic carbocycles. The Morgan fingerprint density at radius 3 is 2.75 bits per heavy atom. The normalized spacial score (nSPS) is 20.4. The molecule has 5 nitrogen and oxygen atoms in total. The van der Waals surface area contributed by atoms with Gasteiger partial charge in [-0.15, -0.1) is 24.0 Å². The third-order valence-electron chi connectivity index (χ3n) is 5.30. The SMILES string of the molecule is CN=C(NCc1c(O)ccc2c1CCCC2)NC1CCN(CC(F)(F)F)C1.I. The van der Waals surface area contributed by atoms with Crippen LogP contribution in [0.15, 0.2) is 17.1 Å². The highest BCUT2D eigenvalue weighted by molar-refractivity contribution is 14.0. The van der Waals surface area contributed by atoms with Gasteiger partial charge in [-0.2, -0.15) is 13.2 Å². The number of aromatic hydroxyl groups is 1. The number of hydrogen-bond donors (Lipinski definition) is 3. The topological polar surface area (TPSA) is 59.9 Å². The van der Waals surface area contributed by atoms with Crippen LogP contribution in [-0.4, -0.2) is 54.9 Å². The molecule has 3 N–H and O–H groups in total. The Morgan fingerprint density at radius 2 is 2.04 bits per heavy atom. The van der Waals surface area contributed by atoms with Crippen LogP contribution in [0.3, 0.4) is 0 Å². The zero-order valence-corrected chi connectivity index (χ0v) is 18.3. The molecule has 2 aliphatic rings. The maximum Gasteiger partial charge on any atom is 0.401 e. The van der Waals surface area contributed by atoms with Crippen molar-refractivity contribution in [1.29, 1.82) is 0 Å². The van der Waals surface area contributed by atoms with Crippen LogP contribution in [0.2, 0.25) is 0 Å². The van der Waals surface area contributed by atoms with E-state index in [0.29, 0.717) is 32.0 Å². The number of fused-ring (bicyclic) bond motifs is 1. The maximum atomic E-state index is 12.5. The van der Waals surface area contributed by atoms with Crippen LogP contribution >= 0.6 is 24.0 Å². The molecule has 3 rings (SSSR count). The molecule has 158 valence electrons. The predicted molar refractivity (Wildman–Crippen MR) is 114 cm³/mol. The third-order valence-corrected chi connectivity index (χ3v) is 5.30. The average molecular weight is 512 g/mol. The Hall–Kier alpha value is -1.23. The highest BCUT2D eigenvalue weighted by Crippen LogP contribution is 2.30. The number of phenolic OH excluding ortho intramolecular Hbond substituents is 1. The van der Waals surface area contributed by atoms with E-state index in [0.717, 1.165) is 24.8 Å². The number of likely N-dealkylation sites (tertiary alicyclic amines) is 1. The number of nitrogens with zero attached hydrogens (tertiary/aromatic N) is 2. The summed E-state index contributed by atoms with van der Waals surface area (Å²) in [7, 11) is 1.64. The van der Waals surface area contributed by atoms with E-state index in [1.165, 1.54) is 22.4 Å². The van der Waals surface area contributed by atoms with Crippen molar-refractivity contribution in [3.05, 3.63) is 28.8 Å². The van der Waals surface area contributed by atoms with Crippen LogP contribution in [0, 0.1) is 0 Å². The first-order valence-corrected chi connectivity index (χ1v) is 9.44. The van der Waals surface area contributed by atoms with E-state index in [-0.39, 0.29) is 35.8 Å². The molecule has 0 bridgehead atoms. The molecular formula is C19H28F3IN4O. The summed E-state index contributed by atoms with van der Waals surface area (Å²) >= 11 is 0. The van der Waals surface area contributed by atoms with E-state index in [4.69, 9.17) is 0 Å². The van der Waals surface area contributed by atoms with E-state index >= 15 is 0 Å². The molecule has 1 aromatic rings. The van der Waals surface area contributed by atoms with Crippen molar-refractivity contribution in [3.8, 4) is 5.75 Å². The summed E-state index contributed by atoms with van der Waals surface area (Å²) in [5.41, 5.74) is 3.39. The first kappa shape index (κ1) is 23.1. The van der Waals surface area contributed by atoms with Gasteiger partial charge < -0.3 is 15.7 Å². The number of nitrogens with one attached hydrogen (secondary N) is 2. The van der Waals surface area contributed by atoms with Crippen molar-refractivity contribution in [2.24, 2.45) is 4.99 Å². The number of guanidine groups is 1. The molecule has 1 aliphatic heterocycles. The number of alkyl halides is 3. The molecule has 1 unspecified atom stereocenters. The molecule has 1 fully saturated rings. The van der Waals surface area contributed by atoms with Gasteiger partial charge in [-0.05, 0) is 49.3 Å². The summed E-state index contributed by atoms with van der Waals surface area (Å²) in [5, 5.41) is 16.7. The number of halogens is 4. The van der Waals surface area contributed by atoms with Gasteiger partial charge in [0.05, 0.1) is 6.54 Å². The number of benzene rings is 1. The minimum absolute atomic E-state index is 0. The van der Waals surface area contributed by atoms with Gasteiger partial charge in [0.2, 0.25) is 0 Å². The average Bonchev–Trinajstić information content (AvgIpc) is 3.04. The van der Waals surface area contributed by atoms with E-state index in [2.05, 4.69) is 15.6 Å². The number of rotatable bonds is 4. The number of hydrogen-bond acceptors (Lipinski definition) is 3. The largest absolute Gasteiger partial charge is 0.508 e. The minimum atomic E-state index is -4.17. The lowest BCUT2D eigenvalue weighted by atomic mass is 9.88. The summed E-state index contributed by atoms with van der Waals surface area (Å²) in [6.45, 7) is 0.322. The molecule has 9 heteroatoms. The number of phenols is 1. The molecule has 0 saturated carbocycles. The van der Waals surface area contributed by atoms with E-state index in [9.17, 15) is 18.3 Å². The fourth-order valence-corrected chi connectivity index (χ4v) is 4.00. The van der Waals surface area contributed by atoms with Crippen molar-refractivity contribution in [2.45, 2.75) is 50.9 Å². The van der Waals surface area contributed by atoms with Gasteiger partial charge >= 0.3 is 6.18 Å². The van der Waals surface area contributed by atoms with Crippen molar-refractivity contribution < 1.29 is 18.3 Å². The quantitative estimate of drug-likeness (QED) is 0.330. The third kappa shape index (κ3) is 6.13. The summed E-state index contributed by atoms with van der Waals surface area (Å²) < 4.78 is 37.6.